The van der Waals surface area contributed by atoms with Gasteiger partial charge in [-0.3, -0.25) is 24.8 Å². The minimum absolute atomic E-state index is 0.0522. The molecule has 0 saturated carbocycles. The first-order chi connectivity index (χ1) is 18.0. The van der Waals surface area contributed by atoms with Crippen LogP contribution in [0.4, 0.5) is 5.69 Å². The second kappa shape index (κ2) is 10.9. The van der Waals surface area contributed by atoms with Gasteiger partial charge >= 0.3 is 0 Å². The quantitative estimate of drug-likeness (QED) is 0.144. The highest BCUT2D eigenvalue weighted by Gasteiger charge is 2.33. The monoisotopic (exact) mass is 529 g/mol. The van der Waals surface area contributed by atoms with Gasteiger partial charge in [0.1, 0.15) is 16.5 Å². The molecular weight excluding hydrogens is 510 g/mol. The summed E-state index contributed by atoms with van der Waals surface area (Å²) in [5, 5.41) is 11.9. The molecule has 0 atom stereocenters. The number of thioether (sulfide) groups is 1. The third-order valence-corrected chi connectivity index (χ3v) is 7.00. The first-order valence-corrected chi connectivity index (χ1v) is 12.6. The number of halogens is 1. The van der Waals surface area contributed by atoms with Gasteiger partial charge in [0.05, 0.1) is 22.9 Å². The van der Waals surface area contributed by atoms with Crippen LogP contribution in [0.2, 0.25) is 5.02 Å². The van der Waals surface area contributed by atoms with Crippen LogP contribution in [-0.4, -0.2) is 20.9 Å². The highest BCUT2D eigenvalue weighted by atomic mass is 35.5. The molecule has 0 unspecified atom stereocenters. The number of aliphatic imine (C=N–C) groups is 1. The van der Waals surface area contributed by atoms with Crippen LogP contribution in [0.15, 0.2) is 105 Å². The molecule has 0 spiro atoms. The molecule has 0 N–H and O–H groups in total. The lowest BCUT2D eigenvalue weighted by atomic mass is 10.1. The van der Waals surface area contributed by atoms with E-state index in [1.54, 1.807) is 29.2 Å². The third kappa shape index (κ3) is 5.66. The van der Waals surface area contributed by atoms with E-state index in [2.05, 4.69) is 0 Å². The summed E-state index contributed by atoms with van der Waals surface area (Å²) in [7, 11) is 0. The fourth-order valence-electron chi connectivity index (χ4n) is 3.79. The zero-order valence-corrected chi connectivity index (χ0v) is 21.0. The Morgan fingerprint density at radius 2 is 1.68 bits per heavy atom. The van der Waals surface area contributed by atoms with Gasteiger partial charge in [0.2, 0.25) is 0 Å². The van der Waals surface area contributed by atoms with Gasteiger partial charge in [-0.2, -0.15) is 0 Å². The summed E-state index contributed by atoms with van der Waals surface area (Å²) >= 11 is 7.22. The number of nitrogens with zero attached hydrogens (tertiary/aromatic N) is 3. The zero-order valence-electron chi connectivity index (χ0n) is 19.4. The van der Waals surface area contributed by atoms with E-state index in [4.69, 9.17) is 21.0 Å². The fraction of sp³-hybridized carbons (Fsp3) is 0.0714. The van der Waals surface area contributed by atoms with Crippen LogP contribution in [0, 0.1) is 10.1 Å². The Balaban J connectivity index is 1.42. The lowest BCUT2D eigenvalue weighted by molar-refractivity contribution is -0.384. The van der Waals surface area contributed by atoms with E-state index in [1.807, 2.05) is 60.7 Å². The Hall–Kier alpha value is -4.14. The Kier molecular flexibility index (Phi) is 7.20. The molecule has 0 radical (unpaired) electrons. The summed E-state index contributed by atoms with van der Waals surface area (Å²) in [5.41, 5.74) is 2.36. The van der Waals surface area contributed by atoms with Crippen molar-refractivity contribution in [2.45, 2.75) is 13.1 Å². The number of carbonyl (C=O) groups is 1. The predicted octanol–water partition coefficient (Wildman–Crippen LogP) is 7.18. The molecule has 0 bridgehead atoms. The van der Waals surface area contributed by atoms with Gasteiger partial charge in [0.25, 0.3) is 11.6 Å². The van der Waals surface area contributed by atoms with Gasteiger partial charge in [0, 0.05) is 17.7 Å². The van der Waals surface area contributed by atoms with E-state index in [1.165, 1.54) is 23.9 Å². The first-order valence-electron chi connectivity index (χ1n) is 11.4. The molecule has 1 aliphatic rings. The molecule has 184 valence electrons. The molecule has 3 aromatic carbocycles. The zero-order chi connectivity index (χ0) is 25.8. The van der Waals surface area contributed by atoms with Crippen molar-refractivity contribution in [2.24, 2.45) is 4.99 Å². The summed E-state index contributed by atoms with van der Waals surface area (Å²) in [4.78, 5) is 31.0. The van der Waals surface area contributed by atoms with Gasteiger partial charge in [-0.05, 0) is 47.2 Å². The van der Waals surface area contributed by atoms with Crippen molar-refractivity contribution in [1.82, 2.24) is 4.90 Å². The molecule has 1 aromatic heterocycles. The molecule has 4 aromatic rings. The van der Waals surface area contributed by atoms with Gasteiger partial charge < -0.3 is 4.42 Å². The Labute approximate surface area is 222 Å². The van der Waals surface area contributed by atoms with E-state index in [0.717, 1.165) is 11.1 Å². The van der Waals surface area contributed by atoms with Crippen molar-refractivity contribution >= 4 is 46.2 Å². The van der Waals surface area contributed by atoms with Gasteiger partial charge in [-0.1, -0.05) is 72.3 Å². The summed E-state index contributed by atoms with van der Waals surface area (Å²) in [6.07, 6.45) is 1.67. The highest BCUT2D eigenvalue weighted by Crippen LogP contribution is 2.36. The maximum Gasteiger partial charge on any atom is 0.288 e. The Morgan fingerprint density at radius 1 is 0.973 bits per heavy atom. The van der Waals surface area contributed by atoms with Crippen LogP contribution < -0.4 is 0 Å². The van der Waals surface area contributed by atoms with Gasteiger partial charge in [-0.25, -0.2) is 0 Å². The summed E-state index contributed by atoms with van der Waals surface area (Å²) in [6.45, 7) is 0.852. The number of hydrogen-bond donors (Lipinski definition) is 0. The predicted molar refractivity (Wildman–Crippen MR) is 146 cm³/mol. The van der Waals surface area contributed by atoms with Gasteiger partial charge in [0.15, 0.2) is 5.17 Å². The van der Waals surface area contributed by atoms with Crippen molar-refractivity contribution < 1.29 is 14.1 Å². The number of furan rings is 1. The smallest absolute Gasteiger partial charge is 0.288 e. The van der Waals surface area contributed by atoms with Crippen LogP contribution >= 0.6 is 23.4 Å². The van der Waals surface area contributed by atoms with Crippen LogP contribution in [-0.2, 0) is 17.9 Å². The molecule has 1 amide bonds. The maximum atomic E-state index is 13.4. The second-order valence-electron chi connectivity index (χ2n) is 8.20. The largest absolute Gasteiger partial charge is 0.457 e. The van der Waals surface area contributed by atoms with E-state index >= 15 is 0 Å². The van der Waals surface area contributed by atoms with E-state index in [-0.39, 0.29) is 16.6 Å². The fourth-order valence-corrected chi connectivity index (χ4v) is 4.94. The van der Waals surface area contributed by atoms with Crippen molar-refractivity contribution in [3.05, 3.63) is 128 Å². The lowest BCUT2D eigenvalue weighted by Crippen LogP contribution is -2.28. The van der Waals surface area contributed by atoms with Gasteiger partial charge in [-0.15, -0.1) is 0 Å². The lowest BCUT2D eigenvalue weighted by Gasteiger charge is -2.15. The standard InChI is InChI=1S/C28H20ClN3O4S/c29-23-13-11-21(15-24(23)32(34)35)25-14-12-22(36-25)16-26-27(33)31(18-20-9-5-2-6-10-20)28(37-26)30-17-19-7-3-1-4-8-19/h1-16H,17-18H2/b26-16-,30-28?. The minimum atomic E-state index is -0.539. The number of amides is 1. The molecule has 37 heavy (non-hydrogen) atoms. The van der Waals surface area contributed by atoms with E-state index in [0.29, 0.717) is 40.2 Å². The molecule has 9 heteroatoms. The molecule has 1 saturated heterocycles. The van der Waals surface area contributed by atoms with E-state index in [9.17, 15) is 14.9 Å². The van der Waals surface area contributed by atoms with Crippen molar-refractivity contribution in [3.8, 4) is 11.3 Å². The third-order valence-electron chi connectivity index (χ3n) is 5.64. The number of rotatable bonds is 7. The van der Waals surface area contributed by atoms with Crippen molar-refractivity contribution in [3.63, 3.8) is 0 Å². The van der Waals surface area contributed by atoms with Crippen molar-refractivity contribution in [1.29, 1.82) is 0 Å². The molecule has 1 aliphatic heterocycles. The number of amidine groups is 1. The first kappa shape index (κ1) is 24.5. The topological polar surface area (TPSA) is 88.9 Å². The summed E-state index contributed by atoms with van der Waals surface area (Å²) < 4.78 is 5.91. The Bertz CT molecular complexity index is 1520. The summed E-state index contributed by atoms with van der Waals surface area (Å²) in [6, 6.07) is 27.5. The van der Waals surface area contributed by atoms with Crippen LogP contribution in [0.25, 0.3) is 17.4 Å². The number of nitro groups is 1. The molecule has 5 rings (SSSR count). The second-order valence-corrected chi connectivity index (χ2v) is 9.61. The van der Waals surface area contributed by atoms with Crippen LogP contribution in [0.3, 0.4) is 0 Å². The van der Waals surface area contributed by atoms with Crippen molar-refractivity contribution in [2.75, 3.05) is 0 Å². The summed E-state index contributed by atoms with van der Waals surface area (Å²) in [5.74, 6) is 0.717. The number of carbonyl (C=O) groups excluding carboxylic acids is 1. The van der Waals surface area contributed by atoms with Crippen LogP contribution in [0.5, 0.6) is 0 Å². The molecule has 2 heterocycles. The van der Waals surface area contributed by atoms with Crippen LogP contribution in [0.1, 0.15) is 16.9 Å². The molecule has 7 nitrogen and oxygen atoms in total. The average Bonchev–Trinajstić information content (AvgIpc) is 3.49. The van der Waals surface area contributed by atoms with E-state index < -0.39 is 4.92 Å². The maximum absolute atomic E-state index is 13.4. The Morgan fingerprint density at radius 3 is 2.38 bits per heavy atom. The number of nitro benzene ring substituents is 1. The minimum Gasteiger partial charge on any atom is -0.457 e. The number of benzene rings is 3. The highest BCUT2D eigenvalue weighted by molar-refractivity contribution is 8.18. The average molecular weight is 530 g/mol. The normalized spacial score (nSPS) is 15.6. The molecular formula is C28H20ClN3O4S. The molecule has 1 fully saturated rings. The SMILES string of the molecule is O=C1/C(=C/c2ccc(-c3ccc(Cl)c([N+](=O)[O-])c3)o2)SC(=NCc2ccccc2)N1Cc1ccccc1. The molecule has 0 aliphatic carbocycles. The number of hydrogen-bond acceptors (Lipinski definition) is 6.